The zero-order chi connectivity index (χ0) is 14.8. The van der Waals surface area contributed by atoms with Crippen molar-refractivity contribution in [3.05, 3.63) is 41.6 Å². The summed E-state index contributed by atoms with van der Waals surface area (Å²) in [4.78, 5) is 15.2. The Morgan fingerprint density at radius 1 is 1.19 bits per heavy atom. The highest BCUT2D eigenvalue weighted by atomic mass is 16.6. The van der Waals surface area contributed by atoms with Gasteiger partial charge in [0.05, 0.1) is 11.3 Å². The Balaban J connectivity index is 1.83. The molecule has 0 saturated carbocycles. The van der Waals surface area contributed by atoms with Crippen molar-refractivity contribution in [2.24, 2.45) is 0 Å². The van der Waals surface area contributed by atoms with Crippen molar-refractivity contribution < 1.29 is 19.4 Å². The monoisotopic (exact) mass is 286 g/mol. The molecule has 2 aromatic rings. The van der Waals surface area contributed by atoms with Gasteiger partial charge in [-0.3, -0.25) is 0 Å². The van der Waals surface area contributed by atoms with Crippen molar-refractivity contribution in [3.8, 4) is 11.5 Å². The van der Waals surface area contributed by atoms with Crippen LogP contribution in [0.5, 0.6) is 11.5 Å². The van der Waals surface area contributed by atoms with Gasteiger partial charge in [-0.2, -0.15) is 0 Å². The zero-order valence-electron chi connectivity index (χ0n) is 11.4. The minimum Gasteiger partial charge on any atom is -0.486 e. The van der Waals surface area contributed by atoms with Gasteiger partial charge in [0, 0.05) is 11.8 Å². The second-order valence-corrected chi connectivity index (χ2v) is 4.62. The normalized spacial score (nSPS) is 12.8. The van der Waals surface area contributed by atoms with E-state index in [-0.39, 0.29) is 5.56 Å². The number of fused-ring (bicyclic) bond motifs is 1. The average Bonchev–Trinajstić information content (AvgIpc) is 2.47. The number of aromatic nitrogens is 1. The Labute approximate surface area is 121 Å². The average molecular weight is 286 g/mol. The van der Waals surface area contributed by atoms with Crippen LogP contribution in [0.3, 0.4) is 0 Å². The van der Waals surface area contributed by atoms with Gasteiger partial charge in [0.1, 0.15) is 19.0 Å². The highest BCUT2D eigenvalue weighted by Crippen LogP contribution is 2.33. The first-order chi connectivity index (χ1) is 10.1. The lowest BCUT2D eigenvalue weighted by atomic mass is 10.2. The number of aromatic carboxylic acids is 1. The van der Waals surface area contributed by atoms with Gasteiger partial charge in [0.2, 0.25) is 0 Å². The summed E-state index contributed by atoms with van der Waals surface area (Å²) in [6.07, 6.45) is 0. The summed E-state index contributed by atoms with van der Waals surface area (Å²) in [6, 6.07) is 8.68. The van der Waals surface area contributed by atoms with Gasteiger partial charge in [-0.15, -0.1) is 0 Å². The molecule has 0 aliphatic carbocycles. The molecule has 0 bridgehead atoms. The van der Waals surface area contributed by atoms with Crippen LogP contribution in [0.25, 0.3) is 0 Å². The molecule has 21 heavy (non-hydrogen) atoms. The van der Waals surface area contributed by atoms with E-state index in [1.807, 2.05) is 18.2 Å². The lowest BCUT2D eigenvalue weighted by Gasteiger charge is -2.19. The van der Waals surface area contributed by atoms with Crippen LogP contribution < -0.4 is 14.8 Å². The van der Waals surface area contributed by atoms with Gasteiger partial charge >= 0.3 is 5.97 Å². The molecule has 0 fully saturated rings. The molecule has 1 aromatic carbocycles. The molecule has 1 aromatic heterocycles. The molecule has 3 rings (SSSR count). The van der Waals surface area contributed by atoms with Gasteiger partial charge in [-0.25, -0.2) is 9.78 Å². The molecule has 0 amide bonds. The van der Waals surface area contributed by atoms with Crippen LogP contribution >= 0.6 is 0 Å². The molecule has 0 radical (unpaired) electrons. The SMILES string of the molecule is Cc1nc(Nc2ccc3c(c2)OCCO3)ccc1C(=O)O. The topological polar surface area (TPSA) is 80.7 Å². The van der Waals surface area contributed by atoms with Gasteiger partial charge in [0.25, 0.3) is 0 Å². The number of pyridine rings is 1. The van der Waals surface area contributed by atoms with E-state index < -0.39 is 5.97 Å². The van der Waals surface area contributed by atoms with E-state index in [0.717, 1.165) is 11.4 Å². The predicted octanol–water partition coefficient (Wildman–Crippen LogP) is 2.60. The number of hydrogen-bond acceptors (Lipinski definition) is 5. The van der Waals surface area contributed by atoms with E-state index in [4.69, 9.17) is 14.6 Å². The van der Waals surface area contributed by atoms with Crippen LogP contribution in [-0.2, 0) is 0 Å². The summed E-state index contributed by atoms with van der Waals surface area (Å²) >= 11 is 0. The van der Waals surface area contributed by atoms with Crippen molar-refractivity contribution in [3.63, 3.8) is 0 Å². The Kier molecular flexibility index (Phi) is 3.35. The molecular weight excluding hydrogens is 272 g/mol. The molecule has 0 saturated heterocycles. The molecule has 2 heterocycles. The smallest absolute Gasteiger partial charge is 0.337 e. The molecule has 1 aliphatic rings. The van der Waals surface area contributed by atoms with E-state index in [1.165, 1.54) is 6.07 Å². The Morgan fingerprint density at radius 3 is 2.67 bits per heavy atom. The summed E-state index contributed by atoms with van der Waals surface area (Å²) in [7, 11) is 0. The summed E-state index contributed by atoms with van der Waals surface area (Å²) in [5, 5.41) is 12.1. The molecular formula is C15H14N2O4. The zero-order valence-corrected chi connectivity index (χ0v) is 11.4. The second kappa shape index (κ2) is 5.32. The predicted molar refractivity (Wildman–Crippen MR) is 76.6 cm³/mol. The minimum absolute atomic E-state index is 0.197. The number of rotatable bonds is 3. The minimum atomic E-state index is -0.981. The maximum atomic E-state index is 11.0. The Hall–Kier alpha value is -2.76. The van der Waals surface area contributed by atoms with Gasteiger partial charge in [-0.05, 0) is 31.2 Å². The van der Waals surface area contributed by atoms with Gasteiger partial charge in [0.15, 0.2) is 11.5 Å². The quantitative estimate of drug-likeness (QED) is 0.902. The van der Waals surface area contributed by atoms with E-state index in [0.29, 0.717) is 30.5 Å². The van der Waals surface area contributed by atoms with Crippen molar-refractivity contribution >= 4 is 17.5 Å². The lowest BCUT2D eigenvalue weighted by molar-refractivity contribution is 0.0695. The lowest BCUT2D eigenvalue weighted by Crippen LogP contribution is -2.15. The molecule has 0 unspecified atom stereocenters. The maximum Gasteiger partial charge on any atom is 0.337 e. The third kappa shape index (κ3) is 2.74. The van der Waals surface area contributed by atoms with Crippen LogP contribution in [-0.4, -0.2) is 29.3 Å². The second-order valence-electron chi connectivity index (χ2n) is 4.62. The molecule has 1 aliphatic heterocycles. The first-order valence-electron chi connectivity index (χ1n) is 6.51. The molecule has 6 nitrogen and oxygen atoms in total. The number of carbonyl (C=O) groups is 1. The number of hydrogen-bond donors (Lipinski definition) is 2. The van der Waals surface area contributed by atoms with E-state index in [1.54, 1.807) is 13.0 Å². The standard InChI is InChI=1S/C15H14N2O4/c1-9-11(15(18)19)3-5-14(16-9)17-10-2-4-12-13(8-10)21-7-6-20-12/h2-5,8H,6-7H2,1H3,(H,16,17)(H,18,19). The van der Waals surface area contributed by atoms with Crippen molar-refractivity contribution in [2.75, 3.05) is 18.5 Å². The number of aryl methyl sites for hydroxylation is 1. The van der Waals surface area contributed by atoms with Crippen molar-refractivity contribution in [1.82, 2.24) is 4.98 Å². The van der Waals surface area contributed by atoms with Crippen LogP contribution in [0.15, 0.2) is 30.3 Å². The Morgan fingerprint density at radius 2 is 1.95 bits per heavy atom. The molecule has 0 spiro atoms. The number of nitrogens with zero attached hydrogens (tertiary/aromatic N) is 1. The van der Waals surface area contributed by atoms with Crippen molar-refractivity contribution in [1.29, 1.82) is 0 Å². The van der Waals surface area contributed by atoms with Crippen molar-refractivity contribution in [2.45, 2.75) is 6.92 Å². The summed E-state index contributed by atoms with van der Waals surface area (Å²) in [5.74, 6) is 1.00. The van der Waals surface area contributed by atoms with Gasteiger partial charge in [-0.1, -0.05) is 0 Å². The van der Waals surface area contributed by atoms with E-state index in [9.17, 15) is 4.79 Å². The van der Waals surface area contributed by atoms with E-state index >= 15 is 0 Å². The molecule has 0 atom stereocenters. The summed E-state index contributed by atoms with van der Waals surface area (Å²) in [6.45, 7) is 2.75. The Bertz CT molecular complexity index is 700. The summed E-state index contributed by atoms with van der Waals surface area (Å²) in [5.41, 5.74) is 1.46. The third-order valence-electron chi connectivity index (χ3n) is 3.13. The highest BCUT2D eigenvalue weighted by molar-refractivity contribution is 5.89. The van der Waals surface area contributed by atoms with Crippen LogP contribution in [0.1, 0.15) is 16.1 Å². The fraction of sp³-hybridized carbons (Fsp3) is 0.200. The number of carboxylic acid groups (broad SMARTS) is 1. The van der Waals surface area contributed by atoms with Gasteiger partial charge < -0.3 is 19.9 Å². The van der Waals surface area contributed by atoms with E-state index in [2.05, 4.69) is 10.3 Å². The summed E-state index contributed by atoms with van der Waals surface area (Å²) < 4.78 is 11.0. The largest absolute Gasteiger partial charge is 0.486 e. The third-order valence-corrected chi connectivity index (χ3v) is 3.13. The van der Waals surface area contributed by atoms with Crippen LogP contribution in [0.4, 0.5) is 11.5 Å². The van der Waals surface area contributed by atoms with Crippen LogP contribution in [0.2, 0.25) is 0 Å². The molecule has 6 heteroatoms. The first kappa shape index (κ1) is 13.2. The fourth-order valence-electron chi connectivity index (χ4n) is 2.13. The molecule has 2 N–H and O–H groups in total. The fourth-order valence-corrected chi connectivity index (χ4v) is 2.13. The number of anilines is 2. The number of ether oxygens (including phenoxy) is 2. The molecule has 108 valence electrons. The maximum absolute atomic E-state index is 11.0. The first-order valence-corrected chi connectivity index (χ1v) is 6.51. The number of carboxylic acids is 1. The number of nitrogens with one attached hydrogen (secondary N) is 1. The van der Waals surface area contributed by atoms with Crippen LogP contribution in [0, 0.1) is 6.92 Å². The number of benzene rings is 1. The highest BCUT2D eigenvalue weighted by Gasteiger charge is 2.13.